The van der Waals surface area contributed by atoms with Gasteiger partial charge >= 0.3 is 5.97 Å². The van der Waals surface area contributed by atoms with Crippen LogP contribution in [0.3, 0.4) is 0 Å². The van der Waals surface area contributed by atoms with Gasteiger partial charge in [-0.25, -0.2) is 4.79 Å². The Kier molecular flexibility index (Phi) is 1.74. The molecule has 66 valence electrons. The van der Waals surface area contributed by atoms with Crippen LogP contribution in [0.2, 0.25) is 5.22 Å². The van der Waals surface area contributed by atoms with E-state index in [0.717, 1.165) is 0 Å². The van der Waals surface area contributed by atoms with Crippen LogP contribution >= 0.6 is 11.6 Å². The van der Waals surface area contributed by atoms with Gasteiger partial charge in [-0.15, -0.1) is 0 Å². The molecule has 0 saturated carbocycles. The van der Waals surface area contributed by atoms with Gasteiger partial charge in [-0.2, -0.15) is 0 Å². The molecule has 0 aliphatic heterocycles. The number of benzene rings is 1. The number of rotatable bonds is 1. The zero-order valence-corrected chi connectivity index (χ0v) is 7.21. The van der Waals surface area contributed by atoms with Crippen molar-refractivity contribution in [2.45, 2.75) is 0 Å². The second-order valence-corrected chi connectivity index (χ2v) is 2.95. The third-order valence-corrected chi connectivity index (χ3v) is 1.95. The molecule has 1 aromatic carbocycles. The van der Waals surface area contributed by atoms with Gasteiger partial charge in [-0.05, 0) is 23.7 Å². The van der Waals surface area contributed by atoms with Crippen LogP contribution in [0.15, 0.2) is 28.7 Å². The molecule has 0 saturated heterocycles. The number of hydrogen-bond acceptors (Lipinski definition) is 2. The molecule has 0 radical (unpaired) electrons. The molecule has 2 rings (SSSR count). The summed E-state index contributed by atoms with van der Waals surface area (Å²) in [5.41, 5.74) is 0.693. The number of hydrogen-bond donors (Lipinski definition) is 1. The molecule has 0 fully saturated rings. The van der Waals surface area contributed by atoms with Crippen molar-refractivity contribution in [3.05, 3.63) is 35.0 Å². The van der Waals surface area contributed by atoms with Crippen molar-refractivity contribution in [3.8, 4) is 0 Å². The first-order valence-electron chi connectivity index (χ1n) is 3.60. The summed E-state index contributed by atoms with van der Waals surface area (Å²) < 4.78 is 5.06. The smallest absolute Gasteiger partial charge is 0.336 e. The second-order valence-electron chi connectivity index (χ2n) is 2.57. The molecule has 13 heavy (non-hydrogen) atoms. The molecule has 0 unspecified atom stereocenters. The lowest BCUT2D eigenvalue weighted by Gasteiger charge is -1.93. The average Bonchev–Trinajstić information content (AvgIpc) is 2.43. The SMILES string of the molecule is O=C(O)c1cccc2oc(Cl)cc12. The van der Waals surface area contributed by atoms with Gasteiger partial charge < -0.3 is 9.52 Å². The molecule has 0 amide bonds. The van der Waals surface area contributed by atoms with Gasteiger partial charge in [0.1, 0.15) is 5.58 Å². The fourth-order valence-electron chi connectivity index (χ4n) is 1.22. The minimum absolute atomic E-state index is 0.198. The Morgan fingerprint density at radius 1 is 1.46 bits per heavy atom. The highest BCUT2D eigenvalue weighted by Crippen LogP contribution is 2.25. The molecular weight excluding hydrogens is 192 g/mol. The molecule has 2 aromatic rings. The zero-order valence-electron chi connectivity index (χ0n) is 6.45. The fourth-order valence-corrected chi connectivity index (χ4v) is 1.41. The average molecular weight is 197 g/mol. The van der Waals surface area contributed by atoms with E-state index < -0.39 is 5.97 Å². The second kappa shape index (κ2) is 2.78. The summed E-state index contributed by atoms with van der Waals surface area (Å²) in [6.45, 7) is 0. The summed E-state index contributed by atoms with van der Waals surface area (Å²) in [5, 5.41) is 9.53. The van der Waals surface area contributed by atoms with Crippen molar-refractivity contribution in [1.82, 2.24) is 0 Å². The first-order valence-corrected chi connectivity index (χ1v) is 3.97. The van der Waals surface area contributed by atoms with E-state index in [9.17, 15) is 4.79 Å². The first kappa shape index (κ1) is 8.13. The van der Waals surface area contributed by atoms with Crippen molar-refractivity contribution in [2.75, 3.05) is 0 Å². The molecule has 0 atom stereocenters. The van der Waals surface area contributed by atoms with E-state index >= 15 is 0 Å². The van der Waals surface area contributed by atoms with Gasteiger partial charge in [0, 0.05) is 11.5 Å². The topological polar surface area (TPSA) is 50.4 Å². The molecule has 1 N–H and O–H groups in total. The van der Waals surface area contributed by atoms with Crippen molar-refractivity contribution >= 4 is 28.5 Å². The summed E-state index contributed by atoms with van der Waals surface area (Å²) >= 11 is 5.60. The molecule has 1 heterocycles. The van der Waals surface area contributed by atoms with Gasteiger partial charge in [-0.1, -0.05) is 6.07 Å². The Hall–Kier alpha value is -1.48. The maximum absolute atomic E-state index is 10.7. The molecule has 0 spiro atoms. The number of aromatic carboxylic acids is 1. The Morgan fingerprint density at radius 3 is 2.92 bits per heavy atom. The molecule has 0 bridgehead atoms. The largest absolute Gasteiger partial charge is 0.478 e. The van der Waals surface area contributed by atoms with E-state index in [1.807, 2.05) is 0 Å². The molecule has 3 nitrogen and oxygen atoms in total. The van der Waals surface area contributed by atoms with Gasteiger partial charge in [0.15, 0.2) is 5.22 Å². The maximum atomic E-state index is 10.7. The van der Waals surface area contributed by atoms with E-state index in [1.54, 1.807) is 12.1 Å². The van der Waals surface area contributed by atoms with Crippen molar-refractivity contribution in [1.29, 1.82) is 0 Å². The van der Waals surface area contributed by atoms with Gasteiger partial charge in [-0.3, -0.25) is 0 Å². The number of carboxylic acids is 1. The molecule has 0 aliphatic rings. The normalized spacial score (nSPS) is 10.5. The third-order valence-electron chi connectivity index (χ3n) is 1.76. The van der Waals surface area contributed by atoms with Gasteiger partial charge in [0.05, 0.1) is 5.56 Å². The van der Waals surface area contributed by atoms with Crippen molar-refractivity contribution < 1.29 is 14.3 Å². The monoisotopic (exact) mass is 196 g/mol. The molecular formula is C9H5ClO3. The lowest BCUT2D eigenvalue weighted by molar-refractivity contribution is 0.0699. The van der Waals surface area contributed by atoms with E-state index in [0.29, 0.717) is 11.0 Å². The minimum atomic E-state index is -0.983. The maximum Gasteiger partial charge on any atom is 0.336 e. The molecule has 0 aliphatic carbocycles. The Balaban J connectivity index is 2.82. The quantitative estimate of drug-likeness (QED) is 0.763. The first-order chi connectivity index (χ1) is 6.18. The van der Waals surface area contributed by atoms with Crippen LogP contribution in [0, 0.1) is 0 Å². The number of furan rings is 1. The summed E-state index contributed by atoms with van der Waals surface area (Å²) in [6.07, 6.45) is 0. The number of fused-ring (bicyclic) bond motifs is 1. The molecule has 1 aromatic heterocycles. The summed E-state index contributed by atoms with van der Waals surface area (Å²) in [7, 11) is 0. The Morgan fingerprint density at radius 2 is 2.23 bits per heavy atom. The van der Waals surface area contributed by atoms with Crippen LogP contribution in [0.25, 0.3) is 11.0 Å². The van der Waals surface area contributed by atoms with Crippen LogP contribution in [0.1, 0.15) is 10.4 Å². The van der Waals surface area contributed by atoms with Crippen LogP contribution < -0.4 is 0 Å². The van der Waals surface area contributed by atoms with E-state index in [2.05, 4.69) is 0 Å². The van der Waals surface area contributed by atoms with Gasteiger partial charge in [0.25, 0.3) is 0 Å². The van der Waals surface area contributed by atoms with Crippen LogP contribution in [-0.4, -0.2) is 11.1 Å². The van der Waals surface area contributed by atoms with Gasteiger partial charge in [0.2, 0.25) is 0 Å². The minimum Gasteiger partial charge on any atom is -0.478 e. The number of halogens is 1. The predicted molar refractivity (Wildman–Crippen MR) is 48.2 cm³/mol. The third kappa shape index (κ3) is 1.27. The van der Waals surface area contributed by atoms with E-state index in [-0.39, 0.29) is 10.8 Å². The summed E-state index contributed by atoms with van der Waals surface area (Å²) in [5.74, 6) is -0.983. The lowest BCUT2D eigenvalue weighted by atomic mass is 10.1. The fraction of sp³-hybridized carbons (Fsp3) is 0. The van der Waals surface area contributed by atoms with Crippen molar-refractivity contribution in [2.24, 2.45) is 0 Å². The van der Waals surface area contributed by atoms with Crippen LogP contribution in [-0.2, 0) is 0 Å². The van der Waals surface area contributed by atoms with E-state index in [4.69, 9.17) is 21.1 Å². The highest BCUT2D eigenvalue weighted by molar-refractivity contribution is 6.30. The standard InChI is InChI=1S/C9H5ClO3/c10-8-4-6-5(9(11)12)2-1-3-7(6)13-8/h1-4H,(H,11,12). The zero-order chi connectivity index (χ0) is 9.42. The highest BCUT2D eigenvalue weighted by atomic mass is 35.5. The summed E-state index contributed by atoms with van der Waals surface area (Å²) in [4.78, 5) is 10.7. The Labute approximate surface area is 78.5 Å². The highest BCUT2D eigenvalue weighted by Gasteiger charge is 2.10. The lowest BCUT2D eigenvalue weighted by Crippen LogP contribution is -1.95. The molecule has 4 heteroatoms. The Bertz CT molecular complexity index is 473. The van der Waals surface area contributed by atoms with E-state index in [1.165, 1.54) is 12.1 Å². The van der Waals surface area contributed by atoms with Crippen LogP contribution in [0.5, 0.6) is 0 Å². The number of carbonyl (C=O) groups is 1. The number of carboxylic acid groups (broad SMARTS) is 1. The predicted octanol–water partition coefficient (Wildman–Crippen LogP) is 2.78. The van der Waals surface area contributed by atoms with Crippen molar-refractivity contribution in [3.63, 3.8) is 0 Å². The van der Waals surface area contributed by atoms with Crippen LogP contribution in [0.4, 0.5) is 0 Å². The summed E-state index contributed by atoms with van der Waals surface area (Å²) in [6, 6.07) is 6.30.